The minimum atomic E-state index is -0.720. The van der Waals surface area contributed by atoms with E-state index in [2.05, 4.69) is 4.74 Å². The van der Waals surface area contributed by atoms with Crippen molar-refractivity contribution < 1.29 is 23.1 Å². The normalized spacial score (nSPS) is 11.8. The van der Waals surface area contributed by atoms with Gasteiger partial charge in [-0.2, -0.15) is 0 Å². The Labute approximate surface area is 144 Å². The van der Waals surface area contributed by atoms with Gasteiger partial charge in [0.2, 0.25) is 0 Å². The number of methoxy groups -OCH3 is 1. The van der Waals surface area contributed by atoms with Crippen LogP contribution in [0.1, 0.15) is 23.0 Å². The third-order valence-electron chi connectivity index (χ3n) is 3.49. The first kappa shape index (κ1) is 18.0. The maximum absolute atomic E-state index is 14.1. The van der Waals surface area contributed by atoms with E-state index in [0.29, 0.717) is 5.76 Å². The van der Waals surface area contributed by atoms with Crippen molar-refractivity contribution in [3.05, 3.63) is 58.8 Å². The second kappa shape index (κ2) is 7.97. The van der Waals surface area contributed by atoms with Crippen LogP contribution in [0, 0.1) is 11.7 Å². The molecule has 24 heavy (non-hydrogen) atoms. The molecule has 128 valence electrons. The molecule has 7 heteroatoms. The van der Waals surface area contributed by atoms with Crippen molar-refractivity contribution in [2.75, 3.05) is 13.7 Å². The maximum atomic E-state index is 14.1. The largest absolute Gasteiger partial charge is 0.469 e. The second-order valence-corrected chi connectivity index (χ2v) is 5.69. The average molecular weight is 354 g/mol. The van der Waals surface area contributed by atoms with Gasteiger partial charge in [0.05, 0.1) is 36.4 Å². The molecule has 1 atom stereocenters. The van der Waals surface area contributed by atoms with Crippen LogP contribution in [0.15, 0.2) is 41.0 Å². The van der Waals surface area contributed by atoms with Gasteiger partial charge in [-0.15, -0.1) is 0 Å². The molecule has 1 amide bonds. The van der Waals surface area contributed by atoms with Gasteiger partial charge in [-0.05, 0) is 24.3 Å². The molecule has 0 aliphatic rings. The van der Waals surface area contributed by atoms with E-state index >= 15 is 0 Å². The van der Waals surface area contributed by atoms with E-state index in [4.69, 9.17) is 16.0 Å². The summed E-state index contributed by atoms with van der Waals surface area (Å²) in [6, 6.07) is 7.38. The van der Waals surface area contributed by atoms with E-state index in [0.717, 1.165) is 6.07 Å². The standard InChI is InChI=1S/C17H17ClFNO4/c1-11(17(22)23-2)9-20(10-12-5-4-8-24-12)16(21)15-13(18)6-3-7-14(15)19/h3-8,11H,9-10H2,1-2H3. The van der Waals surface area contributed by atoms with Crippen molar-refractivity contribution in [2.24, 2.45) is 5.92 Å². The van der Waals surface area contributed by atoms with E-state index in [-0.39, 0.29) is 23.7 Å². The molecule has 0 radical (unpaired) electrons. The van der Waals surface area contributed by atoms with Crippen molar-refractivity contribution in [3.63, 3.8) is 0 Å². The third-order valence-corrected chi connectivity index (χ3v) is 3.80. The van der Waals surface area contributed by atoms with Crippen LogP contribution >= 0.6 is 11.6 Å². The number of ether oxygens (including phenoxy) is 1. The Kier molecular flexibility index (Phi) is 5.98. The molecule has 0 bridgehead atoms. The molecule has 0 aliphatic carbocycles. The van der Waals surface area contributed by atoms with Crippen molar-refractivity contribution in [3.8, 4) is 0 Å². The molecule has 2 aromatic rings. The number of amides is 1. The molecule has 2 rings (SSSR count). The monoisotopic (exact) mass is 353 g/mol. The van der Waals surface area contributed by atoms with Crippen LogP contribution in [-0.2, 0) is 16.1 Å². The Morgan fingerprint density at radius 2 is 2.08 bits per heavy atom. The van der Waals surface area contributed by atoms with Gasteiger partial charge in [-0.3, -0.25) is 9.59 Å². The molecule has 0 saturated carbocycles. The second-order valence-electron chi connectivity index (χ2n) is 5.29. The Balaban J connectivity index is 2.30. The predicted molar refractivity (Wildman–Crippen MR) is 86.0 cm³/mol. The summed E-state index contributed by atoms with van der Waals surface area (Å²) in [5.74, 6) is -1.88. The van der Waals surface area contributed by atoms with Gasteiger partial charge in [0, 0.05) is 6.54 Å². The Hall–Kier alpha value is -2.34. The molecule has 1 unspecified atom stereocenters. The quantitative estimate of drug-likeness (QED) is 0.745. The van der Waals surface area contributed by atoms with Crippen LogP contribution in [0.2, 0.25) is 5.02 Å². The Bertz CT molecular complexity index is 697. The molecular weight excluding hydrogens is 337 g/mol. The first-order valence-corrected chi connectivity index (χ1v) is 7.65. The predicted octanol–water partition coefficient (Wildman–Crippen LogP) is 3.52. The van der Waals surface area contributed by atoms with Crippen LogP contribution in [0.3, 0.4) is 0 Å². The fourth-order valence-corrected chi connectivity index (χ4v) is 2.52. The number of esters is 1. The summed E-state index contributed by atoms with van der Waals surface area (Å²) in [5, 5.41) is 0.00941. The highest BCUT2D eigenvalue weighted by Crippen LogP contribution is 2.22. The van der Waals surface area contributed by atoms with E-state index < -0.39 is 23.6 Å². The summed E-state index contributed by atoms with van der Waals surface area (Å²) in [5.41, 5.74) is -0.234. The fraction of sp³-hybridized carbons (Fsp3) is 0.294. The lowest BCUT2D eigenvalue weighted by Crippen LogP contribution is -2.37. The lowest BCUT2D eigenvalue weighted by atomic mass is 10.1. The van der Waals surface area contributed by atoms with Gasteiger partial charge < -0.3 is 14.1 Å². The van der Waals surface area contributed by atoms with Gasteiger partial charge in [0.25, 0.3) is 5.91 Å². The Morgan fingerprint density at radius 3 is 2.67 bits per heavy atom. The zero-order valence-electron chi connectivity index (χ0n) is 13.3. The van der Waals surface area contributed by atoms with Crippen LogP contribution in [0.25, 0.3) is 0 Å². The summed E-state index contributed by atoms with van der Waals surface area (Å²) in [7, 11) is 1.27. The van der Waals surface area contributed by atoms with Gasteiger partial charge in [-0.25, -0.2) is 4.39 Å². The van der Waals surface area contributed by atoms with Crippen molar-refractivity contribution in [2.45, 2.75) is 13.5 Å². The summed E-state index contributed by atoms with van der Waals surface area (Å²) < 4.78 is 24.0. The first-order valence-electron chi connectivity index (χ1n) is 7.27. The summed E-state index contributed by atoms with van der Waals surface area (Å²) in [4.78, 5) is 25.7. The van der Waals surface area contributed by atoms with Gasteiger partial charge >= 0.3 is 5.97 Å². The van der Waals surface area contributed by atoms with Crippen molar-refractivity contribution in [1.82, 2.24) is 4.90 Å². The molecule has 1 aromatic heterocycles. The fourth-order valence-electron chi connectivity index (χ4n) is 2.28. The van der Waals surface area contributed by atoms with Crippen molar-refractivity contribution >= 4 is 23.5 Å². The van der Waals surface area contributed by atoms with E-state index in [1.54, 1.807) is 19.1 Å². The number of nitrogens with zero attached hydrogens (tertiary/aromatic N) is 1. The molecule has 0 saturated heterocycles. The van der Waals surface area contributed by atoms with Gasteiger partial charge in [0.1, 0.15) is 11.6 Å². The molecule has 0 fully saturated rings. The summed E-state index contributed by atoms with van der Waals surface area (Å²) in [6.07, 6.45) is 1.47. The van der Waals surface area contributed by atoms with Crippen molar-refractivity contribution in [1.29, 1.82) is 0 Å². The molecule has 0 aliphatic heterocycles. The number of benzene rings is 1. The number of rotatable bonds is 6. The van der Waals surface area contributed by atoms with E-state index in [9.17, 15) is 14.0 Å². The minimum Gasteiger partial charge on any atom is -0.469 e. The van der Waals surface area contributed by atoms with Crippen LogP contribution < -0.4 is 0 Å². The molecule has 0 N–H and O–H groups in total. The first-order chi connectivity index (χ1) is 11.4. The number of halogens is 2. The van der Waals surface area contributed by atoms with Crippen LogP contribution in [0.5, 0.6) is 0 Å². The number of furan rings is 1. The molecule has 0 spiro atoms. The number of hydrogen-bond acceptors (Lipinski definition) is 4. The topological polar surface area (TPSA) is 59.8 Å². The SMILES string of the molecule is COC(=O)C(C)CN(Cc1ccco1)C(=O)c1c(F)cccc1Cl. The number of carbonyl (C=O) groups excluding carboxylic acids is 2. The third kappa shape index (κ3) is 4.14. The summed E-state index contributed by atoms with van der Waals surface area (Å²) in [6.45, 7) is 1.74. The van der Waals surface area contributed by atoms with E-state index in [1.807, 2.05) is 0 Å². The highest BCUT2D eigenvalue weighted by atomic mass is 35.5. The molecule has 5 nitrogen and oxygen atoms in total. The zero-order valence-corrected chi connectivity index (χ0v) is 14.0. The number of carbonyl (C=O) groups is 2. The molecule has 1 heterocycles. The lowest BCUT2D eigenvalue weighted by Gasteiger charge is -2.25. The van der Waals surface area contributed by atoms with Gasteiger partial charge in [-0.1, -0.05) is 24.6 Å². The smallest absolute Gasteiger partial charge is 0.310 e. The lowest BCUT2D eigenvalue weighted by molar-refractivity contribution is -0.145. The van der Waals surface area contributed by atoms with Gasteiger partial charge in [0.15, 0.2) is 0 Å². The average Bonchev–Trinajstić information content (AvgIpc) is 3.06. The zero-order chi connectivity index (χ0) is 17.7. The van der Waals surface area contributed by atoms with Crippen LogP contribution in [-0.4, -0.2) is 30.4 Å². The maximum Gasteiger partial charge on any atom is 0.310 e. The Morgan fingerprint density at radius 1 is 1.33 bits per heavy atom. The summed E-state index contributed by atoms with van der Waals surface area (Å²) >= 11 is 5.97. The number of hydrogen-bond donors (Lipinski definition) is 0. The highest BCUT2D eigenvalue weighted by molar-refractivity contribution is 6.33. The minimum absolute atomic E-state index is 0.00941. The van der Waals surface area contributed by atoms with Crippen LogP contribution in [0.4, 0.5) is 4.39 Å². The molecule has 1 aromatic carbocycles. The van der Waals surface area contributed by atoms with E-state index in [1.165, 1.54) is 30.4 Å². The highest BCUT2D eigenvalue weighted by Gasteiger charge is 2.26. The molecular formula is C17H17ClFNO4.